The van der Waals surface area contributed by atoms with E-state index in [2.05, 4.69) is 10.3 Å². The van der Waals surface area contributed by atoms with Gasteiger partial charge < -0.3 is 14.6 Å². The van der Waals surface area contributed by atoms with Gasteiger partial charge in [-0.3, -0.25) is 4.79 Å². The van der Waals surface area contributed by atoms with Crippen LogP contribution in [0.2, 0.25) is 0 Å². The number of nitrogens with zero attached hydrogens (tertiary/aromatic N) is 2. The molecule has 0 bridgehead atoms. The van der Waals surface area contributed by atoms with Crippen LogP contribution in [0.4, 0.5) is 5.69 Å². The molecule has 0 unspecified atom stereocenters. The predicted molar refractivity (Wildman–Crippen MR) is 91.8 cm³/mol. The summed E-state index contributed by atoms with van der Waals surface area (Å²) in [6, 6.07) is 11.1. The molecule has 1 N–H and O–H groups in total. The van der Waals surface area contributed by atoms with Crippen LogP contribution in [-0.2, 0) is 6.42 Å². The van der Waals surface area contributed by atoms with E-state index in [9.17, 15) is 4.79 Å². The lowest BCUT2D eigenvalue weighted by Crippen LogP contribution is -2.12. The number of ether oxygens (including phenoxy) is 1. The summed E-state index contributed by atoms with van der Waals surface area (Å²) in [6.07, 6.45) is 4.55. The normalized spacial score (nSPS) is 10.5. The Morgan fingerprint density at radius 2 is 1.96 bits per heavy atom. The molecule has 0 aliphatic heterocycles. The lowest BCUT2D eigenvalue weighted by molar-refractivity contribution is 0.102. The minimum Gasteiger partial charge on any atom is -0.497 e. The van der Waals surface area contributed by atoms with Crippen molar-refractivity contribution >= 4 is 22.9 Å². The molecule has 23 heavy (non-hydrogen) atoms. The number of anilines is 1. The largest absolute Gasteiger partial charge is 0.497 e. The molecule has 3 aromatic rings. The third-order valence-electron chi connectivity index (χ3n) is 3.40. The van der Waals surface area contributed by atoms with Crippen molar-refractivity contribution in [3.63, 3.8) is 0 Å². The van der Waals surface area contributed by atoms with Gasteiger partial charge in [-0.2, -0.15) is 0 Å². The Kier molecular flexibility index (Phi) is 4.43. The summed E-state index contributed by atoms with van der Waals surface area (Å²) in [5, 5.41) is 3.71. The van der Waals surface area contributed by atoms with Crippen LogP contribution < -0.4 is 10.1 Å². The van der Waals surface area contributed by atoms with E-state index in [0.29, 0.717) is 11.3 Å². The molecule has 1 aromatic carbocycles. The second kappa shape index (κ2) is 6.66. The molecule has 0 spiro atoms. The first-order valence-electron chi connectivity index (χ1n) is 7.29. The SMILES string of the molecule is CCc1nc(-n2cccc2)sc1C(=O)Nc1ccc(OC)cc1. The van der Waals surface area contributed by atoms with Gasteiger partial charge in [0, 0.05) is 18.1 Å². The van der Waals surface area contributed by atoms with Gasteiger partial charge in [-0.25, -0.2) is 4.98 Å². The monoisotopic (exact) mass is 327 g/mol. The standard InChI is InChI=1S/C17H17N3O2S/c1-3-14-15(23-17(19-14)20-10-4-5-11-20)16(21)18-12-6-8-13(22-2)9-7-12/h4-11H,3H2,1-2H3,(H,18,21). The maximum absolute atomic E-state index is 12.5. The lowest BCUT2D eigenvalue weighted by atomic mass is 10.2. The first-order chi connectivity index (χ1) is 11.2. The number of aryl methyl sites for hydroxylation is 1. The highest BCUT2D eigenvalue weighted by atomic mass is 32.1. The number of aromatic nitrogens is 2. The highest BCUT2D eigenvalue weighted by Gasteiger charge is 2.17. The molecular weight excluding hydrogens is 310 g/mol. The fraction of sp³-hybridized carbons (Fsp3) is 0.176. The smallest absolute Gasteiger partial charge is 0.267 e. The number of hydrogen-bond acceptors (Lipinski definition) is 4. The number of carbonyl (C=O) groups excluding carboxylic acids is 1. The third-order valence-corrected chi connectivity index (χ3v) is 4.51. The van der Waals surface area contributed by atoms with Gasteiger partial charge in [-0.1, -0.05) is 18.3 Å². The molecule has 5 nitrogen and oxygen atoms in total. The van der Waals surface area contributed by atoms with Crippen LogP contribution in [0.15, 0.2) is 48.8 Å². The highest BCUT2D eigenvalue weighted by molar-refractivity contribution is 7.16. The average Bonchev–Trinajstić information content (AvgIpc) is 3.24. The molecule has 3 rings (SSSR count). The Morgan fingerprint density at radius 3 is 2.57 bits per heavy atom. The van der Waals surface area contributed by atoms with E-state index in [-0.39, 0.29) is 5.91 Å². The zero-order chi connectivity index (χ0) is 16.2. The van der Waals surface area contributed by atoms with E-state index in [1.54, 1.807) is 7.11 Å². The quantitative estimate of drug-likeness (QED) is 0.776. The van der Waals surface area contributed by atoms with Crippen molar-refractivity contribution in [2.75, 3.05) is 12.4 Å². The van der Waals surface area contributed by atoms with E-state index >= 15 is 0 Å². The molecule has 1 amide bonds. The van der Waals surface area contributed by atoms with Crippen molar-refractivity contribution in [1.82, 2.24) is 9.55 Å². The van der Waals surface area contributed by atoms with Gasteiger partial charge in [0.05, 0.1) is 12.8 Å². The Morgan fingerprint density at radius 1 is 1.26 bits per heavy atom. The van der Waals surface area contributed by atoms with Gasteiger partial charge in [-0.05, 0) is 42.8 Å². The van der Waals surface area contributed by atoms with E-state index < -0.39 is 0 Å². The molecule has 0 aliphatic carbocycles. The van der Waals surface area contributed by atoms with Gasteiger partial charge in [0.2, 0.25) is 0 Å². The summed E-state index contributed by atoms with van der Waals surface area (Å²) in [5.41, 5.74) is 1.54. The van der Waals surface area contributed by atoms with Crippen molar-refractivity contribution in [2.24, 2.45) is 0 Å². The second-order valence-electron chi connectivity index (χ2n) is 4.90. The van der Waals surface area contributed by atoms with Crippen LogP contribution in [0, 0.1) is 0 Å². The minimum absolute atomic E-state index is 0.136. The van der Waals surface area contributed by atoms with Gasteiger partial charge in [0.15, 0.2) is 5.13 Å². The van der Waals surface area contributed by atoms with Crippen LogP contribution in [0.5, 0.6) is 5.75 Å². The summed E-state index contributed by atoms with van der Waals surface area (Å²) < 4.78 is 7.03. The van der Waals surface area contributed by atoms with Crippen LogP contribution in [-0.4, -0.2) is 22.6 Å². The number of hydrogen-bond donors (Lipinski definition) is 1. The van der Waals surface area contributed by atoms with Gasteiger partial charge in [0.25, 0.3) is 5.91 Å². The summed E-state index contributed by atoms with van der Waals surface area (Å²) in [6.45, 7) is 2.00. The fourth-order valence-corrected chi connectivity index (χ4v) is 3.21. The van der Waals surface area contributed by atoms with Crippen molar-refractivity contribution in [3.8, 4) is 10.9 Å². The van der Waals surface area contributed by atoms with Crippen LogP contribution in [0.25, 0.3) is 5.13 Å². The molecule has 0 fully saturated rings. The van der Waals surface area contributed by atoms with Gasteiger partial charge in [0.1, 0.15) is 10.6 Å². The molecule has 0 radical (unpaired) electrons. The predicted octanol–water partition coefficient (Wildman–Crippen LogP) is 3.76. The highest BCUT2D eigenvalue weighted by Crippen LogP contribution is 2.24. The van der Waals surface area contributed by atoms with Crippen LogP contribution in [0.1, 0.15) is 22.3 Å². The maximum atomic E-state index is 12.5. The number of thiazole rings is 1. The second-order valence-corrected chi connectivity index (χ2v) is 5.88. The van der Waals surface area contributed by atoms with E-state index in [0.717, 1.165) is 22.3 Å². The van der Waals surface area contributed by atoms with Crippen molar-refractivity contribution in [3.05, 3.63) is 59.4 Å². The van der Waals surface area contributed by atoms with Gasteiger partial charge >= 0.3 is 0 Å². The summed E-state index contributed by atoms with van der Waals surface area (Å²) in [5.74, 6) is 0.618. The van der Waals surface area contributed by atoms with Crippen molar-refractivity contribution < 1.29 is 9.53 Å². The zero-order valence-corrected chi connectivity index (χ0v) is 13.8. The van der Waals surface area contributed by atoms with Crippen molar-refractivity contribution in [2.45, 2.75) is 13.3 Å². The Bertz CT molecular complexity index is 792. The van der Waals surface area contributed by atoms with Crippen molar-refractivity contribution in [1.29, 1.82) is 0 Å². The van der Waals surface area contributed by atoms with E-state index in [1.807, 2.05) is 60.3 Å². The molecule has 0 aliphatic rings. The Hall–Kier alpha value is -2.60. The zero-order valence-electron chi connectivity index (χ0n) is 12.9. The molecule has 0 atom stereocenters. The molecule has 0 saturated carbocycles. The van der Waals surface area contributed by atoms with E-state index in [4.69, 9.17) is 4.74 Å². The Balaban J connectivity index is 1.83. The number of nitrogens with one attached hydrogen (secondary N) is 1. The van der Waals surface area contributed by atoms with E-state index in [1.165, 1.54) is 11.3 Å². The van der Waals surface area contributed by atoms with Crippen LogP contribution >= 0.6 is 11.3 Å². The summed E-state index contributed by atoms with van der Waals surface area (Å²) in [4.78, 5) is 17.8. The molecule has 2 heterocycles. The Labute approximate surface area is 138 Å². The average molecular weight is 327 g/mol. The fourth-order valence-electron chi connectivity index (χ4n) is 2.19. The topological polar surface area (TPSA) is 56.2 Å². The summed E-state index contributed by atoms with van der Waals surface area (Å²) in [7, 11) is 1.61. The number of methoxy groups -OCH3 is 1. The number of benzene rings is 1. The first kappa shape index (κ1) is 15.3. The van der Waals surface area contributed by atoms with Gasteiger partial charge in [-0.15, -0.1) is 0 Å². The van der Waals surface area contributed by atoms with Crippen LogP contribution in [0.3, 0.4) is 0 Å². The molecular formula is C17H17N3O2S. The maximum Gasteiger partial charge on any atom is 0.267 e. The molecule has 118 valence electrons. The summed E-state index contributed by atoms with van der Waals surface area (Å²) >= 11 is 1.39. The molecule has 2 aromatic heterocycles. The third kappa shape index (κ3) is 3.27. The minimum atomic E-state index is -0.136. The first-order valence-corrected chi connectivity index (χ1v) is 8.11. The lowest BCUT2D eigenvalue weighted by Gasteiger charge is -2.05. The molecule has 0 saturated heterocycles. The number of rotatable bonds is 5. The number of carbonyl (C=O) groups is 1. The number of amides is 1. The molecule has 6 heteroatoms.